The van der Waals surface area contributed by atoms with Crippen LogP contribution in [0.4, 0.5) is 0 Å². The first-order chi connectivity index (χ1) is 7.92. The third-order valence-corrected chi connectivity index (χ3v) is 1.84. The molecule has 0 aliphatic carbocycles. The Morgan fingerprint density at radius 2 is 2.12 bits per heavy atom. The Labute approximate surface area is 101 Å². The summed E-state index contributed by atoms with van der Waals surface area (Å²) in [6.45, 7) is 5.46. The number of carbonyl (C=O) groups is 2. The van der Waals surface area contributed by atoms with E-state index in [1.54, 1.807) is 19.9 Å². The molecule has 0 fully saturated rings. The fourth-order valence-corrected chi connectivity index (χ4v) is 1.09. The van der Waals surface area contributed by atoms with Crippen LogP contribution in [-0.4, -0.2) is 35.8 Å². The van der Waals surface area contributed by atoms with Crippen molar-refractivity contribution in [2.45, 2.75) is 26.8 Å². The summed E-state index contributed by atoms with van der Waals surface area (Å²) >= 11 is 0. The molecule has 17 heavy (non-hydrogen) atoms. The monoisotopic (exact) mass is 238 g/mol. The van der Waals surface area contributed by atoms with Gasteiger partial charge in [-0.05, 0) is 13.8 Å². The number of nitrogens with one attached hydrogen (secondary N) is 1. The first-order valence-corrected chi connectivity index (χ1v) is 5.32. The Hall–Kier alpha value is -1.87. The van der Waals surface area contributed by atoms with Crippen LogP contribution >= 0.6 is 0 Å². The Balaban J connectivity index is 4.89. The molecule has 0 bridgehead atoms. The SMILES string of the molecule is CC(=O)N(/C=C(/C#N)C(=O)NC(C)C)CCN. The van der Waals surface area contributed by atoms with Gasteiger partial charge in [-0.15, -0.1) is 0 Å². The summed E-state index contributed by atoms with van der Waals surface area (Å²) in [5, 5.41) is 11.4. The van der Waals surface area contributed by atoms with Crippen LogP contribution in [0.15, 0.2) is 11.8 Å². The van der Waals surface area contributed by atoms with Crippen LogP contribution in [0, 0.1) is 11.3 Å². The summed E-state index contributed by atoms with van der Waals surface area (Å²) in [4.78, 5) is 24.0. The molecule has 0 aromatic rings. The summed E-state index contributed by atoms with van der Waals surface area (Å²) in [7, 11) is 0. The molecule has 0 aliphatic rings. The molecule has 0 rings (SSSR count). The van der Waals surface area contributed by atoms with Crippen molar-refractivity contribution >= 4 is 11.8 Å². The lowest BCUT2D eigenvalue weighted by Gasteiger charge is -2.16. The minimum Gasteiger partial charge on any atom is -0.349 e. The van der Waals surface area contributed by atoms with Crippen LogP contribution in [0.25, 0.3) is 0 Å². The van der Waals surface area contributed by atoms with Crippen molar-refractivity contribution in [3.05, 3.63) is 11.8 Å². The van der Waals surface area contributed by atoms with Gasteiger partial charge in [-0.2, -0.15) is 5.26 Å². The zero-order valence-corrected chi connectivity index (χ0v) is 10.4. The predicted octanol–water partition coefficient (Wildman–Crippen LogP) is -0.274. The van der Waals surface area contributed by atoms with E-state index in [1.165, 1.54) is 18.0 Å². The van der Waals surface area contributed by atoms with E-state index in [9.17, 15) is 9.59 Å². The van der Waals surface area contributed by atoms with Gasteiger partial charge in [0.1, 0.15) is 11.6 Å². The number of hydrogen-bond donors (Lipinski definition) is 2. The van der Waals surface area contributed by atoms with Gasteiger partial charge in [-0.25, -0.2) is 0 Å². The lowest BCUT2D eigenvalue weighted by Crippen LogP contribution is -2.34. The molecule has 6 nitrogen and oxygen atoms in total. The summed E-state index contributed by atoms with van der Waals surface area (Å²) in [6.07, 6.45) is 1.23. The maximum atomic E-state index is 11.6. The third kappa shape index (κ3) is 5.68. The number of hydrogen-bond acceptors (Lipinski definition) is 4. The van der Waals surface area contributed by atoms with Crippen molar-refractivity contribution in [3.8, 4) is 6.07 Å². The van der Waals surface area contributed by atoms with Gasteiger partial charge in [-0.3, -0.25) is 9.59 Å². The van der Waals surface area contributed by atoms with E-state index < -0.39 is 5.91 Å². The Kier molecular flexibility index (Phi) is 6.60. The van der Waals surface area contributed by atoms with Crippen LogP contribution in [0.1, 0.15) is 20.8 Å². The predicted molar refractivity (Wildman–Crippen MR) is 63.4 cm³/mol. The second-order valence-corrected chi connectivity index (χ2v) is 3.78. The molecular weight excluding hydrogens is 220 g/mol. The zero-order chi connectivity index (χ0) is 13.4. The highest BCUT2D eigenvalue weighted by Crippen LogP contribution is 1.99. The second kappa shape index (κ2) is 7.41. The average molecular weight is 238 g/mol. The number of amides is 2. The van der Waals surface area contributed by atoms with Crippen molar-refractivity contribution < 1.29 is 9.59 Å². The number of carbonyl (C=O) groups excluding carboxylic acids is 2. The summed E-state index contributed by atoms with van der Waals surface area (Å²) < 4.78 is 0. The van der Waals surface area contributed by atoms with Crippen LogP contribution in [0.5, 0.6) is 0 Å². The molecular formula is C11H18N4O2. The lowest BCUT2D eigenvalue weighted by molar-refractivity contribution is -0.126. The molecule has 0 aliphatic heterocycles. The Bertz CT molecular complexity index is 355. The molecule has 0 atom stereocenters. The van der Waals surface area contributed by atoms with Crippen molar-refractivity contribution in [1.82, 2.24) is 10.2 Å². The maximum absolute atomic E-state index is 11.6. The third-order valence-electron chi connectivity index (χ3n) is 1.84. The fraction of sp³-hybridized carbons (Fsp3) is 0.545. The fourth-order valence-electron chi connectivity index (χ4n) is 1.09. The molecule has 0 saturated carbocycles. The first-order valence-electron chi connectivity index (χ1n) is 5.32. The van der Waals surface area contributed by atoms with Crippen LogP contribution in [0.2, 0.25) is 0 Å². The summed E-state index contributed by atoms with van der Waals surface area (Å²) in [5.41, 5.74) is 5.23. The number of nitrogens with zero attached hydrogens (tertiary/aromatic N) is 2. The van der Waals surface area contributed by atoms with E-state index in [2.05, 4.69) is 5.32 Å². The molecule has 0 radical (unpaired) electrons. The van der Waals surface area contributed by atoms with E-state index in [4.69, 9.17) is 11.0 Å². The molecule has 0 aromatic carbocycles. The number of nitrogens with two attached hydrogens (primary N) is 1. The Morgan fingerprint density at radius 3 is 2.47 bits per heavy atom. The minimum absolute atomic E-state index is 0.0699. The lowest BCUT2D eigenvalue weighted by atomic mass is 10.2. The van der Waals surface area contributed by atoms with Gasteiger partial charge >= 0.3 is 0 Å². The standard InChI is InChI=1S/C11H18N4O2/c1-8(2)14-11(17)10(6-13)7-15(5-4-12)9(3)16/h7-8H,4-5,12H2,1-3H3,(H,14,17)/b10-7-. The van der Waals surface area contributed by atoms with Crippen LogP contribution in [0.3, 0.4) is 0 Å². The van der Waals surface area contributed by atoms with E-state index >= 15 is 0 Å². The van der Waals surface area contributed by atoms with Gasteiger partial charge in [0.2, 0.25) is 5.91 Å². The second-order valence-electron chi connectivity index (χ2n) is 3.78. The van der Waals surface area contributed by atoms with Gasteiger partial charge in [0.25, 0.3) is 5.91 Å². The zero-order valence-electron chi connectivity index (χ0n) is 10.4. The highest BCUT2D eigenvalue weighted by molar-refractivity contribution is 5.97. The van der Waals surface area contributed by atoms with E-state index in [0.29, 0.717) is 0 Å². The van der Waals surface area contributed by atoms with Crippen molar-refractivity contribution in [2.24, 2.45) is 5.73 Å². The topological polar surface area (TPSA) is 99.2 Å². The molecule has 0 heterocycles. The molecule has 0 unspecified atom stereocenters. The van der Waals surface area contributed by atoms with Gasteiger partial charge < -0.3 is 16.0 Å². The van der Waals surface area contributed by atoms with Crippen LogP contribution in [-0.2, 0) is 9.59 Å². The van der Waals surface area contributed by atoms with E-state index in [1.807, 2.05) is 0 Å². The molecule has 2 amide bonds. The summed E-state index contributed by atoms with van der Waals surface area (Å²) in [6, 6.07) is 1.70. The van der Waals surface area contributed by atoms with Crippen molar-refractivity contribution in [2.75, 3.05) is 13.1 Å². The molecule has 0 saturated heterocycles. The van der Waals surface area contributed by atoms with Gasteiger partial charge in [0.15, 0.2) is 0 Å². The molecule has 0 aromatic heterocycles. The van der Waals surface area contributed by atoms with Gasteiger partial charge in [-0.1, -0.05) is 0 Å². The van der Waals surface area contributed by atoms with E-state index in [-0.39, 0.29) is 30.6 Å². The smallest absolute Gasteiger partial charge is 0.263 e. The van der Waals surface area contributed by atoms with E-state index in [0.717, 1.165) is 0 Å². The largest absolute Gasteiger partial charge is 0.349 e. The molecule has 94 valence electrons. The van der Waals surface area contributed by atoms with Crippen molar-refractivity contribution in [1.29, 1.82) is 5.26 Å². The van der Waals surface area contributed by atoms with Gasteiger partial charge in [0, 0.05) is 32.3 Å². The number of nitriles is 1. The average Bonchev–Trinajstić information content (AvgIpc) is 2.22. The first kappa shape index (κ1) is 15.1. The highest BCUT2D eigenvalue weighted by atomic mass is 16.2. The van der Waals surface area contributed by atoms with Crippen molar-refractivity contribution in [3.63, 3.8) is 0 Å². The Morgan fingerprint density at radius 1 is 1.53 bits per heavy atom. The minimum atomic E-state index is -0.495. The molecule has 0 spiro atoms. The normalized spacial score (nSPS) is 10.9. The molecule has 6 heteroatoms. The maximum Gasteiger partial charge on any atom is 0.263 e. The molecule has 3 N–H and O–H groups in total. The highest BCUT2D eigenvalue weighted by Gasteiger charge is 2.13. The number of rotatable bonds is 5. The quantitative estimate of drug-likeness (QED) is 0.508. The van der Waals surface area contributed by atoms with Gasteiger partial charge in [0.05, 0.1) is 0 Å². The van der Waals surface area contributed by atoms with Crippen LogP contribution < -0.4 is 11.1 Å². The summed E-state index contributed by atoms with van der Waals surface area (Å²) in [5.74, 6) is -0.758.